The lowest BCUT2D eigenvalue weighted by Crippen LogP contribution is -2.44. The second-order valence-corrected chi connectivity index (χ2v) is 4.03. The zero-order valence-corrected chi connectivity index (χ0v) is 8.53. The van der Waals surface area contributed by atoms with E-state index < -0.39 is 0 Å². The summed E-state index contributed by atoms with van der Waals surface area (Å²) in [7, 11) is 0. The van der Waals surface area contributed by atoms with Crippen molar-refractivity contribution in [3.63, 3.8) is 0 Å². The first-order valence-corrected chi connectivity index (χ1v) is 5.04. The third kappa shape index (κ3) is 2.34. The van der Waals surface area contributed by atoms with Crippen molar-refractivity contribution in [3.05, 3.63) is 35.9 Å². The zero-order chi connectivity index (χ0) is 9.86. The highest BCUT2D eigenvalue weighted by Gasteiger charge is 2.33. The average molecular weight is 192 g/mol. The molecule has 0 N–H and O–H groups in total. The molecule has 1 aromatic carbocycles. The standard InChI is InChI=1S/C12H16O2/c1-12(7-8-14-12)10-13-9-11-5-3-2-4-6-11/h2-6H,7-10H2,1H3/t12-/m0/s1. The van der Waals surface area contributed by atoms with Crippen LogP contribution in [0.25, 0.3) is 0 Å². The van der Waals surface area contributed by atoms with Gasteiger partial charge in [-0.05, 0) is 12.5 Å². The van der Waals surface area contributed by atoms with Crippen LogP contribution in [-0.2, 0) is 16.1 Å². The van der Waals surface area contributed by atoms with Gasteiger partial charge in [0.25, 0.3) is 0 Å². The molecule has 0 spiro atoms. The zero-order valence-electron chi connectivity index (χ0n) is 8.53. The lowest BCUT2D eigenvalue weighted by atomic mass is 9.99. The van der Waals surface area contributed by atoms with E-state index in [1.54, 1.807) is 0 Å². The van der Waals surface area contributed by atoms with E-state index in [2.05, 4.69) is 19.1 Å². The van der Waals surface area contributed by atoms with Crippen molar-refractivity contribution < 1.29 is 9.47 Å². The first-order valence-electron chi connectivity index (χ1n) is 5.04. The van der Waals surface area contributed by atoms with Gasteiger partial charge < -0.3 is 9.47 Å². The van der Waals surface area contributed by atoms with Crippen molar-refractivity contribution in [2.45, 2.75) is 25.6 Å². The number of benzene rings is 1. The van der Waals surface area contributed by atoms with E-state index in [1.165, 1.54) is 5.56 Å². The van der Waals surface area contributed by atoms with Crippen molar-refractivity contribution >= 4 is 0 Å². The molecule has 0 bridgehead atoms. The molecule has 1 heterocycles. The second-order valence-electron chi connectivity index (χ2n) is 4.03. The molecule has 1 atom stereocenters. The van der Waals surface area contributed by atoms with Crippen LogP contribution in [0.2, 0.25) is 0 Å². The SMILES string of the molecule is C[C@@]1(COCc2ccccc2)CCO1. The van der Waals surface area contributed by atoms with Gasteiger partial charge in [0, 0.05) is 6.42 Å². The Labute approximate surface area is 84.8 Å². The average Bonchev–Trinajstić information content (AvgIpc) is 2.17. The van der Waals surface area contributed by atoms with E-state index >= 15 is 0 Å². The molecule has 0 radical (unpaired) electrons. The van der Waals surface area contributed by atoms with Crippen LogP contribution >= 0.6 is 0 Å². The minimum Gasteiger partial charge on any atom is -0.374 e. The molecule has 0 saturated carbocycles. The fraction of sp³-hybridized carbons (Fsp3) is 0.500. The number of ether oxygens (including phenoxy) is 2. The topological polar surface area (TPSA) is 18.5 Å². The normalized spacial score (nSPS) is 25.8. The molecule has 1 aliphatic rings. The van der Waals surface area contributed by atoms with E-state index in [9.17, 15) is 0 Å². The number of hydrogen-bond acceptors (Lipinski definition) is 2. The maximum absolute atomic E-state index is 5.60. The van der Waals surface area contributed by atoms with Crippen LogP contribution in [0, 0.1) is 0 Å². The third-order valence-corrected chi connectivity index (χ3v) is 2.60. The molecule has 0 unspecified atom stereocenters. The summed E-state index contributed by atoms with van der Waals surface area (Å²) in [4.78, 5) is 0. The highest BCUT2D eigenvalue weighted by molar-refractivity contribution is 5.13. The quantitative estimate of drug-likeness (QED) is 0.729. The lowest BCUT2D eigenvalue weighted by molar-refractivity contribution is -0.171. The molecule has 1 saturated heterocycles. The largest absolute Gasteiger partial charge is 0.374 e. The van der Waals surface area contributed by atoms with Gasteiger partial charge in [-0.1, -0.05) is 30.3 Å². The molecule has 2 heteroatoms. The summed E-state index contributed by atoms with van der Waals surface area (Å²) in [6.07, 6.45) is 1.11. The van der Waals surface area contributed by atoms with Gasteiger partial charge in [-0.15, -0.1) is 0 Å². The molecule has 0 aromatic heterocycles. The Balaban J connectivity index is 1.73. The van der Waals surface area contributed by atoms with E-state index in [-0.39, 0.29) is 5.60 Å². The van der Waals surface area contributed by atoms with Crippen molar-refractivity contribution in [2.24, 2.45) is 0 Å². The molecule has 76 valence electrons. The third-order valence-electron chi connectivity index (χ3n) is 2.60. The minimum absolute atomic E-state index is 0.0191. The van der Waals surface area contributed by atoms with Gasteiger partial charge in [0.15, 0.2) is 0 Å². The summed E-state index contributed by atoms with van der Waals surface area (Å²) < 4.78 is 11.0. The molecular weight excluding hydrogens is 176 g/mol. The van der Waals surface area contributed by atoms with E-state index in [1.807, 2.05) is 18.2 Å². The molecule has 1 aromatic rings. The Hall–Kier alpha value is -0.860. The van der Waals surface area contributed by atoms with Gasteiger partial charge in [-0.2, -0.15) is 0 Å². The lowest BCUT2D eigenvalue weighted by Gasteiger charge is -2.38. The fourth-order valence-electron chi connectivity index (χ4n) is 1.52. The van der Waals surface area contributed by atoms with Crippen LogP contribution in [0.3, 0.4) is 0 Å². The number of hydrogen-bond donors (Lipinski definition) is 0. The smallest absolute Gasteiger partial charge is 0.0908 e. The monoisotopic (exact) mass is 192 g/mol. The molecule has 2 rings (SSSR count). The van der Waals surface area contributed by atoms with Crippen LogP contribution in [0.5, 0.6) is 0 Å². The molecule has 1 fully saturated rings. The number of rotatable bonds is 4. The van der Waals surface area contributed by atoms with Gasteiger partial charge in [0.1, 0.15) is 0 Å². The van der Waals surface area contributed by atoms with E-state index in [4.69, 9.17) is 9.47 Å². The van der Waals surface area contributed by atoms with Crippen molar-refractivity contribution in [2.75, 3.05) is 13.2 Å². The Morgan fingerprint density at radius 2 is 2.07 bits per heavy atom. The van der Waals surface area contributed by atoms with Crippen LogP contribution in [-0.4, -0.2) is 18.8 Å². The Morgan fingerprint density at radius 1 is 1.36 bits per heavy atom. The van der Waals surface area contributed by atoms with Gasteiger partial charge >= 0.3 is 0 Å². The van der Waals surface area contributed by atoms with Gasteiger partial charge in [0.2, 0.25) is 0 Å². The molecule has 1 aliphatic heterocycles. The second kappa shape index (κ2) is 4.11. The van der Waals surface area contributed by atoms with Crippen molar-refractivity contribution in [1.82, 2.24) is 0 Å². The summed E-state index contributed by atoms with van der Waals surface area (Å²) in [5, 5.41) is 0. The Bertz CT molecular complexity index is 278. The highest BCUT2D eigenvalue weighted by atomic mass is 16.6. The maximum atomic E-state index is 5.60. The van der Waals surface area contributed by atoms with Crippen molar-refractivity contribution in [3.8, 4) is 0 Å². The molecule has 14 heavy (non-hydrogen) atoms. The Morgan fingerprint density at radius 3 is 2.64 bits per heavy atom. The summed E-state index contributed by atoms with van der Waals surface area (Å²) in [5.74, 6) is 0. The van der Waals surface area contributed by atoms with Gasteiger partial charge in [0.05, 0.1) is 25.4 Å². The minimum atomic E-state index is -0.0191. The van der Waals surface area contributed by atoms with E-state index in [0.29, 0.717) is 13.2 Å². The Kier molecular flexibility index (Phi) is 2.85. The first-order chi connectivity index (χ1) is 6.79. The predicted molar refractivity (Wildman–Crippen MR) is 55.1 cm³/mol. The molecule has 2 nitrogen and oxygen atoms in total. The van der Waals surface area contributed by atoms with Gasteiger partial charge in [-0.25, -0.2) is 0 Å². The first kappa shape index (κ1) is 9.69. The summed E-state index contributed by atoms with van der Waals surface area (Å²) in [6, 6.07) is 10.2. The fourth-order valence-corrected chi connectivity index (χ4v) is 1.52. The van der Waals surface area contributed by atoms with Crippen molar-refractivity contribution in [1.29, 1.82) is 0 Å². The predicted octanol–water partition coefficient (Wildman–Crippen LogP) is 2.38. The van der Waals surface area contributed by atoms with Gasteiger partial charge in [-0.3, -0.25) is 0 Å². The molecule has 0 amide bonds. The van der Waals surface area contributed by atoms with Crippen LogP contribution in [0.15, 0.2) is 30.3 Å². The van der Waals surface area contributed by atoms with E-state index in [0.717, 1.165) is 13.0 Å². The summed E-state index contributed by atoms with van der Waals surface area (Å²) >= 11 is 0. The molecular formula is C12H16O2. The molecule has 0 aliphatic carbocycles. The van der Waals surface area contributed by atoms with Crippen LogP contribution < -0.4 is 0 Å². The van der Waals surface area contributed by atoms with Crippen LogP contribution in [0.4, 0.5) is 0 Å². The highest BCUT2D eigenvalue weighted by Crippen LogP contribution is 2.25. The summed E-state index contributed by atoms with van der Waals surface area (Å²) in [6.45, 7) is 4.36. The summed E-state index contributed by atoms with van der Waals surface area (Å²) in [5.41, 5.74) is 1.20. The van der Waals surface area contributed by atoms with Crippen LogP contribution in [0.1, 0.15) is 18.9 Å². The maximum Gasteiger partial charge on any atom is 0.0908 e.